The normalized spacial score (nSPS) is 22.0. The maximum Gasteiger partial charge on any atom is 0.393 e. The van der Waals surface area contributed by atoms with Gasteiger partial charge in [-0.05, 0) is 41.2 Å². The number of allylic oxidation sites excluding steroid dienone is 1. The molecule has 0 heterocycles. The Labute approximate surface area is 219 Å². The van der Waals surface area contributed by atoms with Gasteiger partial charge in [-0.25, -0.2) is 8.78 Å². The van der Waals surface area contributed by atoms with Crippen LogP contribution in [0.25, 0.3) is 0 Å². The third kappa shape index (κ3) is 5.33. The smallest absolute Gasteiger partial charge is 0.393 e. The van der Waals surface area contributed by atoms with Crippen molar-refractivity contribution in [3.8, 4) is 17.6 Å². The van der Waals surface area contributed by atoms with Gasteiger partial charge in [0, 0.05) is 5.41 Å². The van der Waals surface area contributed by atoms with Gasteiger partial charge in [0.1, 0.15) is 23.1 Å². The predicted molar refractivity (Wildman–Crippen MR) is 122 cm³/mol. The summed E-state index contributed by atoms with van der Waals surface area (Å²) in [5.41, 5.74) is -3.27. The molecular weight excluding hydrogens is 540 g/mol. The zero-order valence-electron chi connectivity index (χ0n) is 19.9. The number of carbonyl (C=O) groups excluding carboxylic acids is 1. The molecule has 3 unspecified atom stereocenters. The van der Waals surface area contributed by atoms with Crippen molar-refractivity contribution in [3.05, 3.63) is 71.3 Å². The summed E-state index contributed by atoms with van der Waals surface area (Å²) in [6.07, 6.45) is -8.32. The summed E-state index contributed by atoms with van der Waals surface area (Å²) < 4.78 is 88.8. The number of hydrogen-bond acceptors (Lipinski definition) is 5. The Hall–Kier alpha value is -3.23. The largest absolute Gasteiger partial charge is 0.549 e. The lowest BCUT2D eigenvalue weighted by Crippen LogP contribution is -2.40. The van der Waals surface area contributed by atoms with Gasteiger partial charge in [0.2, 0.25) is 0 Å². The van der Waals surface area contributed by atoms with E-state index in [0.717, 1.165) is 0 Å². The number of rotatable bonds is 11. The third-order valence-corrected chi connectivity index (χ3v) is 7.05. The Bertz CT molecular complexity index is 1250. The molecule has 1 aliphatic rings. The molecule has 0 spiro atoms. The van der Waals surface area contributed by atoms with Crippen LogP contribution in [-0.4, -0.2) is 31.0 Å². The first-order valence-corrected chi connectivity index (χ1v) is 11.5. The summed E-state index contributed by atoms with van der Waals surface area (Å²) >= 11 is 5.62. The number of alkyl halides is 6. The SMILES string of the molecule is CC1(C)C(C=C(Cl)C(F)(F)OCC(F)(F)C(F)F)C1(C(=O)[O-])C(C#N)c1cccc(Oc2ccccc2)c1. The van der Waals surface area contributed by atoms with Crippen LogP contribution in [0.2, 0.25) is 0 Å². The molecule has 12 heteroatoms. The molecule has 38 heavy (non-hydrogen) atoms. The lowest BCUT2D eigenvalue weighted by atomic mass is 9.78. The van der Waals surface area contributed by atoms with Gasteiger partial charge in [0.25, 0.3) is 0 Å². The van der Waals surface area contributed by atoms with Crippen molar-refractivity contribution in [2.75, 3.05) is 6.61 Å². The molecule has 1 saturated carbocycles. The van der Waals surface area contributed by atoms with E-state index in [4.69, 9.17) is 16.3 Å². The summed E-state index contributed by atoms with van der Waals surface area (Å²) in [5, 5.41) is 20.9. The van der Waals surface area contributed by atoms with E-state index in [-0.39, 0.29) is 11.3 Å². The van der Waals surface area contributed by atoms with E-state index in [1.54, 1.807) is 36.4 Å². The highest BCUT2D eigenvalue weighted by atomic mass is 35.5. The molecule has 0 N–H and O–H groups in total. The van der Waals surface area contributed by atoms with Crippen molar-refractivity contribution in [1.29, 1.82) is 5.26 Å². The Morgan fingerprint density at radius 2 is 1.74 bits per heavy atom. The molecule has 2 aromatic carbocycles. The molecule has 1 aliphatic carbocycles. The van der Waals surface area contributed by atoms with Crippen molar-refractivity contribution in [3.63, 3.8) is 0 Å². The molecule has 2 aromatic rings. The Morgan fingerprint density at radius 3 is 2.29 bits per heavy atom. The van der Waals surface area contributed by atoms with Crippen LogP contribution in [-0.2, 0) is 9.53 Å². The molecule has 5 nitrogen and oxygen atoms in total. The first-order valence-electron chi connectivity index (χ1n) is 11.1. The Kier molecular flexibility index (Phi) is 8.10. The number of hydrogen-bond donors (Lipinski definition) is 0. The highest BCUT2D eigenvalue weighted by molar-refractivity contribution is 6.30. The van der Waals surface area contributed by atoms with Gasteiger partial charge in [-0.15, -0.1) is 0 Å². The minimum absolute atomic E-state index is 0.185. The quantitative estimate of drug-likeness (QED) is 0.310. The van der Waals surface area contributed by atoms with E-state index < -0.39 is 58.7 Å². The van der Waals surface area contributed by atoms with Gasteiger partial charge in [-0.2, -0.15) is 22.8 Å². The number of carboxylic acid groups (broad SMARTS) is 1. The molecule has 0 radical (unpaired) electrons. The summed E-state index contributed by atoms with van der Waals surface area (Å²) in [6.45, 7) is 0.427. The van der Waals surface area contributed by atoms with Crippen molar-refractivity contribution < 1.29 is 45.7 Å². The van der Waals surface area contributed by atoms with Crippen molar-refractivity contribution >= 4 is 17.6 Å². The second-order valence-electron chi connectivity index (χ2n) is 9.29. The van der Waals surface area contributed by atoms with Gasteiger partial charge in [0.15, 0.2) is 0 Å². The minimum atomic E-state index is -4.87. The highest BCUT2D eigenvalue weighted by Gasteiger charge is 2.75. The summed E-state index contributed by atoms with van der Waals surface area (Å²) in [6, 6.07) is 16.4. The fourth-order valence-electron chi connectivity index (χ4n) is 4.62. The van der Waals surface area contributed by atoms with Gasteiger partial charge < -0.3 is 19.4 Å². The Balaban J connectivity index is 1.94. The molecule has 0 aromatic heterocycles. The average Bonchev–Trinajstić information content (AvgIpc) is 3.33. The van der Waals surface area contributed by atoms with Crippen molar-refractivity contribution in [2.45, 2.75) is 38.2 Å². The van der Waals surface area contributed by atoms with Crippen LogP contribution in [0.3, 0.4) is 0 Å². The zero-order chi connectivity index (χ0) is 28.5. The van der Waals surface area contributed by atoms with Crippen molar-refractivity contribution in [2.24, 2.45) is 16.7 Å². The standard InChI is InChI=1S/C26H22ClF6NO4/c1-23(2)19(12-20(27)26(32,33)37-14-24(30,31)21(28)29)25(23,22(35)36)18(13-34)15-7-6-10-17(11-15)38-16-8-4-3-5-9-16/h3-12,18-19,21H,14H2,1-2H3,(H,35,36)/p-1. The number of carboxylic acids is 1. The molecule has 204 valence electrons. The number of carbonyl (C=O) groups is 1. The van der Waals surface area contributed by atoms with E-state index in [1.807, 2.05) is 6.07 Å². The number of nitrogens with zero attached hydrogens (tertiary/aromatic N) is 1. The first kappa shape index (κ1) is 29.3. The third-order valence-electron chi connectivity index (χ3n) is 6.70. The highest BCUT2D eigenvalue weighted by Crippen LogP contribution is 2.75. The van der Waals surface area contributed by atoms with E-state index in [0.29, 0.717) is 11.8 Å². The van der Waals surface area contributed by atoms with Crippen LogP contribution in [0, 0.1) is 28.1 Å². The zero-order valence-corrected chi connectivity index (χ0v) is 20.7. The van der Waals surface area contributed by atoms with Gasteiger partial charge >= 0.3 is 18.5 Å². The molecule has 0 amide bonds. The van der Waals surface area contributed by atoms with E-state index in [9.17, 15) is 41.5 Å². The summed E-state index contributed by atoms with van der Waals surface area (Å²) in [5.74, 6) is -8.65. The van der Waals surface area contributed by atoms with Crippen molar-refractivity contribution in [1.82, 2.24) is 0 Å². The van der Waals surface area contributed by atoms with Gasteiger partial charge in [-0.1, -0.05) is 61.9 Å². The maximum atomic E-state index is 14.3. The second-order valence-corrected chi connectivity index (χ2v) is 9.69. The second kappa shape index (κ2) is 10.5. The molecular formula is C26H21ClF6NO4-. The number of halogens is 7. The average molecular weight is 561 g/mol. The first-order chi connectivity index (χ1) is 17.6. The summed E-state index contributed by atoms with van der Waals surface area (Å²) in [4.78, 5) is 12.5. The van der Waals surface area contributed by atoms with E-state index >= 15 is 0 Å². The number of nitriles is 1. The number of para-hydroxylation sites is 1. The fraction of sp³-hybridized carbons (Fsp3) is 0.385. The van der Waals surface area contributed by atoms with Gasteiger partial charge in [-0.3, -0.25) is 0 Å². The molecule has 0 saturated heterocycles. The predicted octanol–water partition coefficient (Wildman–Crippen LogP) is 6.11. The van der Waals surface area contributed by atoms with Crippen LogP contribution in [0.1, 0.15) is 25.3 Å². The summed E-state index contributed by atoms with van der Waals surface area (Å²) in [7, 11) is 0. The molecule has 0 bridgehead atoms. The van der Waals surface area contributed by atoms with Crippen LogP contribution in [0.4, 0.5) is 26.3 Å². The molecule has 3 rings (SSSR count). The number of ether oxygens (including phenoxy) is 2. The molecule has 1 fully saturated rings. The van der Waals surface area contributed by atoms with Crippen LogP contribution in [0.15, 0.2) is 65.7 Å². The monoisotopic (exact) mass is 560 g/mol. The minimum Gasteiger partial charge on any atom is -0.549 e. The van der Waals surface area contributed by atoms with E-state index in [1.165, 1.54) is 32.0 Å². The van der Waals surface area contributed by atoms with Gasteiger partial charge in [0.05, 0.1) is 18.0 Å². The Morgan fingerprint density at radius 1 is 1.13 bits per heavy atom. The van der Waals surface area contributed by atoms with E-state index in [2.05, 4.69) is 4.74 Å². The fourth-order valence-corrected chi connectivity index (χ4v) is 4.80. The van der Waals surface area contributed by atoms with Crippen LogP contribution in [0.5, 0.6) is 11.5 Å². The maximum absolute atomic E-state index is 14.3. The van der Waals surface area contributed by atoms with Crippen LogP contribution >= 0.6 is 11.6 Å². The number of benzene rings is 2. The molecule has 0 aliphatic heterocycles. The van der Waals surface area contributed by atoms with Crippen LogP contribution < -0.4 is 9.84 Å². The lowest BCUT2D eigenvalue weighted by Gasteiger charge is -2.27. The molecule has 3 atom stereocenters. The number of aliphatic carboxylic acids is 1. The lowest BCUT2D eigenvalue weighted by molar-refractivity contribution is -0.316. The topological polar surface area (TPSA) is 82.4 Å².